The average molecular weight is 483 g/mol. The highest BCUT2D eigenvalue weighted by Gasteiger charge is 2.36. The Balaban J connectivity index is 1.46. The van der Waals surface area contributed by atoms with Gasteiger partial charge in [0.2, 0.25) is 5.91 Å². The molecule has 34 heavy (non-hydrogen) atoms. The fraction of sp³-hybridized carbons (Fsp3) is 0.500. The maximum absolute atomic E-state index is 13.3. The zero-order valence-electron chi connectivity index (χ0n) is 20.1. The van der Waals surface area contributed by atoms with Gasteiger partial charge in [-0.3, -0.25) is 9.59 Å². The molecule has 7 nitrogen and oxygen atoms in total. The molecule has 2 N–H and O–H groups in total. The predicted octanol–water partition coefficient (Wildman–Crippen LogP) is 3.13. The van der Waals surface area contributed by atoms with E-state index in [0.717, 1.165) is 25.7 Å². The van der Waals surface area contributed by atoms with Crippen LogP contribution in [-0.4, -0.2) is 65.0 Å². The number of likely N-dealkylation sites (tertiary alicyclic amines) is 1. The number of furan rings is 1. The molecule has 1 aromatic heterocycles. The van der Waals surface area contributed by atoms with Crippen LogP contribution in [0.5, 0.6) is 0 Å². The number of hydrogen-bond donors (Lipinski definition) is 2. The highest BCUT2D eigenvalue weighted by atomic mass is 32.1. The number of piperidine rings is 1. The van der Waals surface area contributed by atoms with E-state index in [0.29, 0.717) is 35.4 Å². The number of aryl methyl sites for hydroxylation is 1. The van der Waals surface area contributed by atoms with Crippen LogP contribution in [0.2, 0.25) is 0 Å². The first kappa shape index (κ1) is 24.3. The van der Waals surface area contributed by atoms with Gasteiger partial charge in [-0.1, -0.05) is 30.3 Å². The van der Waals surface area contributed by atoms with E-state index in [4.69, 9.17) is 16.6 Å². The summed E-state index contributed by atoms with van der Waals surface area (Å²) in [5, 5.41) is 6.83. The van der Waals surface area contributed by atoms with Crippen molar-refractivity contribution in [2.75, 3.05) is 20.1 Å². The van der Waals surface area contributed by atoms with Gasteiger partial charge in [0, 0.05) is 32.2 Å². The minimum Gasteiger partial charge on any atom is -0.469 e. The van der Waals surface area contributed by atoms with Crippen molar-refractivity contribution in [3.63, 3.8) is 0 Å². The average Bonchev–Trinajstić information content (AvgIpc) is 3.27. The molecule has 2 saturated heterocycles. The van der Waals surface area contributed by atoms with Gasteiger partial charge in [-0.05, 0) is 69.3 Å². The molecule has 2 aliphatic rings. The normalized spacial score (nSPS) is 22.0. The number of nitrogens with zero attached hydrogens (tertiary/aromatic N) is 2. The molecule has 3 atom stereocenters. The van der Waals surface area contributed by atoms with Crippen molar-refractivity contribution in [3.05, 3.63) is 59.5 Å². The second-order valence-electron chi connectivity index (χ2n) is 9.53. The molecule has 1 aromatic carbocycles. The topological polar surface area (TPSA) is 77.8 Å². The molecule has 2 aromatic rings. The van der Waals surface area contributed by atoms with Crippen LogP contribution in [0, 0.1) is 12.8 Å². The molecular weight excluding hydrogens is 448 g/mol. The molecule has 4 rings (SSSR count). The zero-order valence-corrected chi connectivity index (χ0v) is 20.9. The Hall–Kier alpha value is -2.87. The van der Waals surface area contributed by atoms with Crippen molar-refractivity contribution in [1.29, 1.82) is 0 Å². The number of amides is 2. The van der Waals surface area contributed by atoms with E-state index in [1.54, 1.807) is 12.3 Å². The highest BCUT2D eigenvalue weighted by Crippen LogP contribution is 2.28. The number of carbonyl (C=O) groups is 2. The number of hydrogen-bond acceptors (Lipinski definition) is 4. The summed E-state index contributed by atoms with van der Waals surface area (Å²) in [5.74, 6) is 1.03. The van der Waals surface area contributed by atoms with Gasteiger partial charge in [-0.15, -0.1) is 0 Å². The van der Waals surface area contributed by atoms with Gasteiger partial charge in [0.25, 0.3) is 5.91 Å². The van der Waals surface area contributed by atoms with Crippen LogP contribution >= 0.6 is 12.2 Å². The Morgan fingerprint density at radius 2 is 1.88 bits per heavy atom. The lowest BCUT2D eigenvalue weighted by Crippen LogP contribution is -2.60. The van der Waals surface area contributed by atoms with E-state index in [2.05, 4.69) is 22.8 Å². The Labute approximate surface area is 206 Å². The molecule has 8 heteroatoms. The summed E-state index contributed by atoms with van der Waals surface area (Å²) in [6, 6.07) is 12.0. The van der Waals surface area contributed by atoms with Crippen molar-refractivity contribution in [2.45, 2.75) is 57.7 Å². The van der Waals surface area contributed by atoms with Crippen molar-refractivity contribution in [1.82, 2.24) is 20.4 Å². The lowest BCUT2D eigenvalue weighted by atomic mass is 9.84. The Morgan fingerprint density at radius 1 is 1.18 bits per heavy atom. The molecule has 2 fully saturated rings. The largest absolute Gasteiger partial charge is 0.469 e. The summed E-state index contributed by atoms with van der Waals surface area (Å²) >= 11 is 5.25. The third kappa shape index (κ3) is 5.43. The van der Waals surface area contributed by atoms with E-state index in [-0.39, 0.29) is 29.9 Å². The smallest absolute Gasteiger partial charge is 0.257 e. The van der Waals surface area contributed by atoms with Crippen molar-refractivity contribution >= 4 is 29.1 Å². The number of benzene rings is 1. The lowest BCUT2D eigenvalue weighted by Gasteiger charge is -2.41. The first-order valence-electron chi connectivity index (χ1n) is 12.0. The van der Waals surface area contributed by atoms with Gasteiger partial charge in [0.15, 0.2) is 5.11 Å². The van der Waals surface area contributed by atoms with Gasteiger partial charge in [0.05, 0.1) is 11.8 Å². The van der Waals surface area contributed by atoms with Gasteiger partial charge >= 0.3 is 0 Å². The van der Waals surface area contributed by atoms with Crippen molar-refractivity contribution in [2.24, 2.45) is 5.92 Å². The molecule has 0 bridgehead atoms. The Morgan fingerprint density at radius 3 is 2.50 bits per heavy atom. The van der Waals surface area contributed by atoms with Crippen LogP contribution in [0.4, 0.5) is 0 Å². The van der Waals surface area contributed by atoms with Crippen LogP contribution in [-0.2, 0) is 11.2 Å². The van der Waals surface area contributed by atoms with E-state index >= 15 is 0 Å². The maximum atomic E-state index is 13.3. The first-order valence-corrected chi connectivity index (χ1v) is 12.4. The monoisotopic (exact) mass is 482 g/mol. The molecule has 0 spiro atoms. The second kappa shape index (κ2) is 10.6. The van der Waals surface area contributed by atoms with Crippen molar-refractivity contribution in [3.8, 4) is 0 Å². The van der Waals surface area contributed by atoms with E-state index in [1.165, 1.54) is 5.56 Å². The Kier molecular flexibility index (Phi) is 7.56. The van der Waals surface area contributed by atoms with Crippen LogP contribution < -0.4 is 10.6 Å². The molecule has 0 saturated carbocycles. The summed E-state index contributed by atoms with van der Waals surface area (Å²) in [6.45, 7) is 5.24. The lowest BCUT2D eigenvalue weighted by molar-refractivity contribution is -0.135. The van der Waals surface area contributed by atoms with E-state index in [9.17, 15) is 9.59 Å². The standard InChI is InChI=1S/C26H34N4O3S/c1-17-15-22(28-26(34)27-17)25(32)30-12-9-20(10-13-30)23(16-19-7-5-4-6-8-19)29(3)24(31)21-11-14-33-18(21)2/h4-8,11,14,17,20,22-23H,9-10,12-13,15-16H2,1-3H3,(H2,27,28,34)/t17-,22+,23-/m1/s1. The first-order chi connectivity index (χ1) is 16.3. The van der Waals surface area contributed by atoms with Gasteiger partial charge in [0.1, 0.15) is 11.8 Å². The summed E-state index contributed by atoms with van der Waals surface area (Å²) in [5.41, 5.74) is 1.81. The molecule has 2 amide bonds. The van der Waals surface area contributed by atoms with Crippen LogP contribution in [0.25, 0.3) is 0 Å². The minimum absolute atomic E-state index is 0.0212. The Bertz CT molecular complexity index is 1020. The summed E-state index contributed by atoms with van der Waals surface area (Å²) in [7, 11) is 1.89. The van der Waals surface area contributed by atoms with Crippen molar-refractivity contribution < 1.29 is 14.0 Å². The fourth-order valence-corrected chi connectivity index (χ4v) is 5.55. The van der Waals surface area contributed by atoms with Gasteiger partial charge < -0.3 is 24.9 Å². The van der Waals surface area contributed by atoms with E-state index in [1.807, 2.05) is 48.9 Å². The predicted molar refractivity (Wildman–Crippen MR) is 136 cm³/mol. The van der Waals surface area contributed by atoms with Crippen LogP contribution in [0.3, 0.4) is 0 Å². The molecule has 2 aliphatic heterocycles. The number of likely N-dealkylation sites (N-methyl/N-ethyl adjacent to an activating group) is 1. The molecule has 0 aliphatic carbocycles. The van der Waals surface area contributed by atoms with Gasteiger partial charge in [-0.2, -0.15) is 0 Å². The third-order valence-corrected chi connectivity index (χ3v) is 7.40. The number of nitrogens with one attached hydrogen (secondary N) is 2. The number of thiocarbonyl (C=S) groups is 1. The highest BCUT2D eigenvalue weighted by molar-refractivity contribution is 7.80. The molecule has 3 heterocycles. The zero-order chi connectivity index (χ0) is 24.2. The molecule has 0 radical (unpaired) electrons. The molecular formula is C26H34N4O3S. The third-order valence-electron chi connectivity index (χ3n) is 7.16. The second-order valence-corrected chi connectivity index (χ2v) is 9.94. The van der Waals surface area contributed by atoms with Gasteiger partial charge in [-0.25, -0.2) is 0 Å². The minimum atomic E-state index is -0.270. The molecule has 0 unspecified atom stereocenters. The SMILES string of the molecule is Cc1occc1C(=O)N(C)[C@H](Cc1ccccc1)C1CCN(C(=O)[C@@H]2C[C@@H](C)NC(=S)N2)CC1. The summed E-state index contributed by atoms with van der Waals surface area (Å²) < 4.78 is 5.38. The number of rotatable bonds is 6. The summed E-state index contributed by atoms with van der Waals surface area (Å²) in [4.78, 5) is 30.3. The van der Waals surface area contributed by atoms with E-state index < -0.39 is 0 Å². The quantitative estimate of drug-likeness (QED) is 0.616. The van der Waals surface area contributed by atoms with Crippen LogP contribution in [0.15, 0.2) is 47.1 Å². The van der Waals surface area contributed by atoms with Crippen LogP contribution in [0.1, 0.15) is 47.9 Å². The fourth-order valence-electron chi connectivity index (χ4n) is 5.21. The molecule has 182 valence electrons. The maximum Gasteiger partial charge on any atom is 0.257 e. The number of carbonyl (C=O) groups excluding carboxylic acids is 2. The summed E-state index contributed by atoms with van der Waals surface area (Å²) in [6.07, 6.45) is 4.78.